The Balaban J connectivity index is 2.27. The molecule has 0 bridgehead atoms. The van der Waals surface area contributed by atoms with E-state index in [1.807, 2.05) is 0 Å². The first-order chi connectivity index (χ1) is 9.90. The van der Waals surface area contributed by atoms with Gasteiger partial charge in [0, 0.05) is 18.9 Å². The molecule has 3 N–H and O–H groups in total. The first-order valence-corrected chi connectivity index (χ1v) is 6.70. The number of nitrogen functional groups attached to an aromatic ring is 1. The number of para-hydroxylation sites is 1. The fraction of sp³-hybridized carbons (Fsp3) is 0.182. The molecule has 110 valence electrons. The highest BCUT2D eigenvalue weighted by atomic mass is 32.2. The number of nitro benzene ring substituents is 1. The van der Waals surface area contributed by atoms with Gasteiger partial charge < -0.3 is 5.73 Å². The van der Waals surface area contributed by atoms with E-state index in [9.17, 15) is 19.7 Å². The Labute approximate surface area is 121 Å². The van der Waals surface area contributed by atoms with Crippen LogP contribution in [-0.2, 0) is 12.8 Å². The molecule has 0 radical (unpaired) electrons. The number of aryl methyl sites for hydroxylation is 1. The number of H-pyrrole nitrogens is 1. The molecule has 0 saturated heterocycles. The lowest BCUT2D eigenvalue weighted by molar-refractivity contribution is -0.383. The van der Waals surface area contributed by atoms with Crippen molar-refractivity contribution < 1.29 is 4.92 Å². The van der Waals surface area contributed by atoms with Gasteiger partial charge in [-0.25, -0.2) is 0 Å². The van der Waals surface area contributed by atoms with Crippen molar-refractivity contribution in [1.82, 2.24) is 14.8 Å². The number of nitrogens with one attached hydrogen (secondary N) is 1. The summed E-state index contributed by atoms with van der Waals surface area (Å²) >= 11 is 1.14. The number of hydrogen-bond donors (Lipinski definition) is 2. The molecule has 1 aromatic carbocycles. The second-order valence-electron chi connectivity index (χ2n) is 4.10. The van der Waals surface area contributed by atoms with Crippen LogP contribution in [0.4, 0.5) is 11.4 Å². The molecule has 0 aliphatic heterocycles. The van der Waals surface area contributed by atoms with E-state index in [0.717, 1.165) is 11.8 Å². The zero-order valence-corrected chi connectivity index (χ0v) is 11.7. The summed E-state index contributed by atoms with van der Waals surface area (Å²) in [4.78, 5) is 36.2. The summed E-state index contributed by atoms with van der Waals surface area (Å²) in [6.45, 7) is 0. The molecular formula is C11H11N5O4S. The van der Waals surface area contributed by atoms with Gasteiger partial charge in [0.05, 0.1) is 4.92 Å². The van der Waals surface area contributed by atoms with E-state index in [4.69, 9.17) is 5.73 Å². The Morgan fingerprint density at radius 1 is 1.48 bits per heavy atom. The predicted octanol–water partition coefficient (Wildman–Crippen LogP) is 0.251. The van der Waals surface area contributed by atoms with Gasteiger partial charge in [-0.15, -0.1) is 0 Å². The zero-order chi connectivity index (χ0) is 15.6. The third-order valence-electron chi connectivity index (χ3n) is 2.67. The van der Waals surface area contributed by atoms with Crippen molar-refractivity contribution in [1.29, 1.82) is 0 Å². The minimum absolute atomic E-state index is 0.0735. The largest absolute Gasteiger partial charge is 0.393 e. The highest BCUT2D eigenvalue weighted by Crippen LogP contribution is 2.29. The van der Waals surface area contributed by atoms with Crippen molar-refractivity contribution in [2.75, 3.05) is 5.73 Å². The predicted molar refractivity (Wildman–Crippen MR) is 77.2 cm³/mol. The van der Waals surface area contributed by atoms with Gasteiger partial charge >= 0.3 is 11.1 Å². The van der Waals surface area contributed by atoms with E-state index in [2.05, 4.69) is 10.1 Å². The summed E-state index contributed by atoms with van der Waals surface area (Å²) in [7, 11) is 1.53. The van der Waals surface area contributed by atoms with Crippen molar-refractivity contribution in [3.63, 3.8) is 0 Å². The number of rotatable bonds is 4. The molecule has 0 saturated carbocycles. The maximum atomic E-state index is 11.2. The summed E-state index contributed by atoms with van der Waals surface area (Å²) in [5.74, 6) is 0.278. The van der Waals surface area contributed by atoms with Gasteiger partial charge in [-0.05, 0) is 5.56 Å². The summed E-state index contributed by atoms with van der Waals surface area (Å²) in [6, 6.07) is 4.50. The molecular weight excluding hydrogens is 298 g/mol. The standard InChI is InChI=1S/C11H11N5O4S/c1-15-11(13-9(17)10(18)14-15)21-5-6-3-2-4-7(8(6)12)16(19)20/h2-4H,5,12H2,1H3,(H,14,18). The highest BCUT2D eigenvalue weighted by molar-refractivity contribution is 7.98. The van der Waals surface area contributed by atoms with E-state index in [-0.39, 0.29) is 22.3 Å². The molecule has 0 amide bonds. The molecule has 9 nitrogen and oxygen atoms in total. The zero-order valence-electron chi connectivity index (χ0n) is 10.9. The van der Waals surface area contributed by atoms with Crippen LogP contribution >= 0.6 is 11.8 Å². The van der Waals surface area contributed by atoms with Crippen LogP contribution in [0.15, 0.2) is 32.9 Å². The van der Waals surface area contributed by atoms with Gasteiger partial charge in [0.25, 0.3) is 5.69 Å². The second kappa shape index (κ2) is 5.79. The molecule has 0 unspecified atom stereocenters. The molecule has 1 aromatic heterocycles. The van der Waals surface area contributed by atoms with Crippen molar-refractivity contribution >= 4 is 23.1 Å². The number of benzene rings is 1. The second-order valence-corrected chi connectivity index (χ2v) is 5.04. The lowest BCUT2D eigenvalue weighted by Gasteiger charge is -2.07. The normalized spacial score (nSPS) is 10.5. The lowest BCUT2D eigenvalue weighted by atomic mass is 10.2. The Kier molecular flexibility index (Phi) is 4.08. The van der Waals surface area contributed by atoms with E-state index in [0.29, 0.717) is 5.56 Å². The number of anilines is 1. The first kappa shape index (κ1) is 14.8. The van der Waals surface area contributed by atoms with E-state index in [1.54, 1.807) is 6.07 Å². The van der Waals surface area contributed by atoms with Crippen LogP contribution in [0.3, 0.4) is 0 Å². The van der Waals surface area contributed by atoms with E-state index < -0.39 is 16.0 Å². The summed E-state index contributed by atoms with van der Waals surface area (Å²) in [5, 5.41) is 13.4. The molecule has 1 heterocycles. The van der Waals surface area contributed by atoms with Crippen LogP contribution in [-0.4, -0.2) is 19.7 Å². The summed E-state index contributed by atoms with van der Waals surface area (Å²) < 4.78 is 1.31. The molecule has 21 heavy (non-hydrogen) atoms. The number of nitrogens with zero attached hydrogens (tertiary/aromatic N) is 3. The number of thioether (sulfide) groups is 1. The van der Waals surface area contributed by atoms with Crippen LogP contribution in [0.5, 0.6) is 0 Å². The highest BCUT2D eigenvalue weighted by Gasteiger charge is 2.15. The lowest BCUT2D eigenvalue weighted by Crippen LogP contribution is -2.33. The Bertz CT molecular complexity index is 813. The quantitative estimate of drug-likeness (QED) is 0.271. The van der Waals surface area contributed by atoms with Crippen molar-refractivity contribution in [2.45, 2.75) is 10.9 Å². The minimum Gasteiger partial charge on any atom is -0.393 e. The Morgan fingerprint density at radius 2 is 2.19 bits per heavy atom. The smallest absolute Gasteiger partial charge is 0.339 e. The van der Waals surface area contributed by atoms with Crippen LogP contribution in [0.25, 0.3) is 0 Å². The third kappa shape index (κ3) is 3.11. The SMILES string of the molecule is Cn1[nH]c(=O)c(=O)nc1SCc1cccc([N+](=O)[O-])c1N. The van der Waals surface area contributed by atoms with Crippen LogP contribution in [0, 0.1) is 10.1 Å². The molecule has 2 rings (SSSR count). The van der Waals surface area contributed by atoms with Gasteiger partial charge in [-0.3, -0.25) is 29.5 Å². The van der Waals surface area contributed by atoms with Gasteiger partial charge in [-0.2, -0.15) is 4.98 Å². The topological polar surface area (TPSA) is 137 Å². The molecule has 0 fully saturated rings. The van der Waals surface area contributed by atoms with Crippen molar-refractivity contribution in [3.05, 3.63) is 54.6 Å². The summed E-state index contributed by atoms with van der Waals surface area (Å²) in [6.07, 6.45) is 0. The maximum absolute atomic E-state index is 11.2. The number of hydrogen-bond acceptors (Lipinski definition) is 7. The number of nitrogens with two attached hydrogens (primary N) is 1. The third-order valence-corrected chi connectivity index (χ3v) is 3.75. The Hall–Kier alpha value is -2.62. The first-order valence-electron chi connectivity index (χ1n) is 5.72. The number of nitro groups is 1. The van der Waals surface area contributed by atoms with Crippen LogP contribution in [0.1, 0.15) is 5.56 Å². The van der Waals surface area contributed by atoms with Crippen molar-refractivity contribution in [2.24, 2.45) is 7.05 Å². The van der Waals surface area contributed by atoms with Crippen LogP contribution < -0.4 is 16.9 Å². The van der Waals surface area contributed by atoms with Gasteiger partial charge in [0.2, 0.25) is 0 Å². The number of aromatic amines is 1. The maximum Gasteiger partial charge on any atom is 0.339 e. The molecule has 2 aromatic rings. The average molecular weight is 309 g/mol. The fourth-order valence-corrected chi connectivity index (χ4v) is 2.54. The molecule has 0 aliphatic carbocycles. The monoisotopic (exact) mass is 309 g/mol. The molecule has 0 aliphatic rings. The Morgan fingerprint density at radius 3 is 2.86 bits per heavy atom. The van der Waals surface area contributed by atoms with Crippen molar-refractivity contribution in [3.8, 4) is 0 Å². The van der Waals surface area contributed by atoms with Gasteiger partial charge in [0.1, 0.15) is 5.69 Å². The number of aromatic nitrogens is 3. The summed E-state index contributed by atoms with van der Waals surface area (Å²) in [5.41, 5.74) is 4.50. The molecule has 0 spiro atoms. The van der Waals surface area contributed by atoms with Gasteiger partial charge in [0.15, 0.2) is 5.16 Å². The fourth-order valence-electron chi connectivity index (χ4n) is 1.62. The molecule has 10 heteroatoms. The minimum atomic E-state index is -0.886. The average Bonchev–Trinajstić information content (AvgIpc) is 2.42. The van der Waals surface area contributed by atoms with E-state index >= 15 is 0 Å². The van der Waals surface area contributed by atoms with Crippen LogP contribution in [0.2, 0.25) is 0 Å². The molecule has 0 atom stereocenters. The van der Waals surface area contributed by atoms with E-state index in [1.165, 1.54) is 23.9 Å². The van der Waals surface area contributed by atoms with Gasteiger partial charge in [-0.1, -0.05) is 23.9 Å².